The number of nitrogens with two attached hydrogens (primary N) is 1. The monoisotopic (exact) mass is 300 g/mol. The van der Waals surface area contributed by atoms with Gasteiger partial charge in [0.05, 0.1) is 7.11 Å². The van der Waals surface area contributed by atoms with Gasteiger partial charge in [-0.1, -0.05) is 6.07 Å². The molecule has 1 saturated carbocycles. The summed E-state index contributed by atoms with van der Waals surface area (Å²) in [6, 6.07) is 5.11. The molecule has 2 N–H and O–H groups in total. The van der Waals surface area contributed by atoms with Gasteiger partial charge in [0.2, 0.25) is 0 Å². The van der Waals surface area contributed by atoms with E-state index in [9.17, 15) is 0 Å². The molecule has 1 saturated heterocycles. The molecule has 118 valence electrons. The molecule has 1 aromatic rings. The quantitative estimate of drug-likeness (QED) is 0.857. The van der Waals surface area contributed by atoms with Crippen molar-refractivity contribution in [2.45, 2.75) is 49.3 Å². The topological polar surface area (TPSA) is 47.7 Å². The number of benzene rings is 1. The van der Waals surface area contributed by atoms with Gasteiger partial charge < -0.3 is 20.1 Å². The van der Waals surface area contributed by atoms with Gasteiger partial charge in [-0.25, -0.2) is 0 Å². The summed E-state index contributed by atoms with van der Waals surface area (Å²) >= 11 is 0. The summed E-state index contributed by atoms with van der Waals surface area (Å²) in [5.41, 5.74) is 9.55. The average Bonchev–Trinajstić information content (AvgIpc) is 2.88. The highest BCUT2D eigenvalue weighted by Gasteiger charge is 2.64. The Kier molecular flexibility index (Phi) is 2.51. The van der Waals surface area contributed by atoms with Gasteiger partial charge in [0.25, 0.3) is 0 Å². The number of ether oxygens (including phenoxy) is 2. The minimum Gasteiger partial charge on any atom is -0.493 e. The van der Waals surface area contributed by atoms with E-state index in [4.69, 9.17) is 15.2 Å². The number of nitrogens with zero attached hydrogens (tertiary/aromatic N) is 1. The zero-order chi connectivity index (χ0) is 15.1. The molecular weight excluding hydrogens is 276 g/mol. The molecule has 0 amide bonds. The maximum absolute atomic E-state index is 6.51. The summed E-state index contributed by atoms with van der Waals surface area (Å²) in [5.74, 6) is 2.55. The molecule has 4 nitrogen and oxygen atoms in total. The Labute approximate surface area is 131 Å². The van der Waals surface area contributed by atoms with E-state index >= 15 is 0 Å². The Morgan fingerprint density at radius 3 is 3.05 bits per heavy atom. The number of methoxy groups -OCH3 is 1. The molecule has 2 aliphatic heterocycles. The van der Waals surface area contributed by atoms with Crippen molar-refractivity contribution in [3.63, 3.8) is 0 Å². The summed E-state index contributed by atoms with van der Waals surface area (Å²) in [6.45, 7) is 1.14. The van der Waals surface area contributed by atoms with Crippen LogP contribution in [0.1, 0.15) is 30.4 Å². The van der Waals surface area contributed by atoms with Gasteiger partial charge in [0.1, 0.15) is 6.10 Å². The normalized spacial score (nSPS) is 41.8. The van der Waals surface area contributed by atoms with Crippen molar-refractivity contribution in [1.29, 1.82) is 0 Å². The van der Waals surface area contributed by atoms with Crippen LogP contribution < -0.4 is 15.2 Å². The number of hydrogen-bond donors (Lipinski definition) is 1. The SMILES string of the molecule is COc1ccc2c3c1O[C@H]1C(N)CCC4[C@@H](C2)N(C)CC[C@@]341. The van der Waals surface area contributed by atoms with Crippen molar-refractivity contribution < 1.29 is 9.47 Å². The van der Waals surface area contributed by atoms with Crippen molar-refractivity contribution in [2.24, 2.45) is 11.7 Å². The van der Waals surface area contributed by atoms with Gasteiger partial charge in [-0.05, 0) is 56.8 Å². The first-order valence-corrected chi connectivity index (χ1v) is 8.49. The second-order valence-electron chi connectivity index (χ2n) is 7.56. The van der Waals surface area contributed by atoms with Gasteiger partial charge in [-0.2, -0.15) is 0 Å². The van der Waals surface area contributed by atoms with E-state index in [1.807, 2.05) is 0 Å². The number of piperidine rings is 1. The standard InChI is InChI=1S/C18H24N2O2/c1-20-8-7-18-11-4-5-12(19)17(18)22-16-14(21-2)6-3-10(15(16)18)9-13(11)20/h3,6,11-13,17H,4-5,7-9,19H2,1-2H3/t11?,12?,13-,17+,18+/m1/s1. The van der Waals surface area contributed by atoms with Crippen LogP contribution in [0.2, 0.25) is 0 Å². The predicted octanol–water partition coefficient (Wildman–Crippen LogP) is 1.69. The number of rotatable bonds is 1. The molecule has 0 radical (unpaired) electrons. The molecule has 2 heterocycles. The van der Waals surface area contributed by atoms with Crippen molar-refractivity contribution in [3.05, 3.63) is 23.3 Å². The molecule has 2 fully saturated rings. The molecule has 2 aliphatic carbocycles. The summed E-state index contributed by atoms with van der Waals surface area (Å²) in [6.07, 6.45) is 4.74. The fourth-order valence-electron chi connectivity index (χ4n) is 5.93. The van der Waals surface area contributed by atoms with Crippen LogP contribution in [0, 0.1) is 5.92 Å². The van der Waals surface area contributed by atoms with Crippen molar-refractivity contribution in [1.82, 2.24) is 4.90 Å². The maximum Gasteiger partial charge on any atom is 0.165 e. The first-order chi connectivity index (χ1) is 10.7. The van der Waals surface area contributed by atoms with Crippen LogP contribution in [0.25, 0.3) is 0 Å². The highest BCUT2D eigenvalue weighted by molar-refractivity contribution is 5.61. The third-order valence-corrected chi connectivity index (χ3v) is 6.85. The lowest BCUT2D eigenvalue weighted by Crippen LogP contribution is -2.67. The maximum atomic E-state index is 6.51. The van der Waals surface area contributed by atoms with Crippen LogP contribution in [0.15, 0.2) is 12.1 Å². The highest BCUT2D eigenvalue weighted by Crippen LogP contribution is 2.63. The molecule has 4 aliphatic rings. The van der Waals surface area contributed by atoms with Gasteiger partial charge in [-0.3, -0.25) is 0 Å². The zero-order valence-corrected chi connectivity index (χ0v) is 13.3. The lowest BCUT2D eigenvalue weighted by molar-refractivity contribution is -0.0510. The van der Waals surface area contributed by atoms with E-state index in [0.717, 1.165) is 37.3 Å². The smallest absolute Gasteiger partial charge is 0.165 e. The highest BCUT2D eigenvalue weighted by atomic mass is 16.5. The fourth-order valence-corrected chi connectivity index (χ4v) is 5.93. The van der Waals surface area contributed by atoms with Gasteiger partial charge in [0.15, 0.2) is 11.5 Å². The van der Waals surface area contributed by atoms with E-state index in [1.165, 1.54) is 17.5 Å². The minimum atomic E-state index is 0.131. The molecule has 1 aromatic carbocycles. The van der Waals surface area contributed by atoms with E-state index in [0.29, 0.717) is 12.0 Å². The average molecular weight is 300 g/mol. The molecule has 2 unspecified atom stereocenters. The third kappa shape index (κ3) is 1.32. The van der Waals surface area contributed by atoms with Crippen molar-refractivity contribution >= 4 is 0 Å². The number of likely N-dealkylation sites (tertiary alicyclic amines) is 1. The van der Waals surface area contributed by atoms with Crippen LogP contribution in [0.5, 0.6) is 11.5 Å². The first-order valence-electron chi connectivity index (χ1n) is 8.49. The lowest BCUT2D eigenvalue weighted by Gasteiger charge is -2.58. The predicted molar refractivity (Wildman–Crippen MR) is 84.5 cm³/mol. The van der Waals surface area contributed by atoms with E-state index < -0.39 is 0 Å². The molecule has 4 heteroatoms. The zero-order valence-electron chi connectivity index (χ0n) is 13.3. The number of hydrogen-bond acceptors (Lipinski definition) is 4. The molecule has 0 aromatic heterocycles. The second kappa shape index (κ2) is 4.18. The third-order valence-electron chi connectivity index (χ3n) is 6.85. The van der Waals surface area contributed by atoms with Crippen molar-refractivity contribution in [2.75, 3.05) is 20.7 Å². The lowest BCUT2D eigenvalue weighted by atomic mass is 9.51. The summed E-state index contributed by atoms with van der Waals surface area (Å²) < 4.78 is 12.1. The Morgan fingerprint density at radius 1 is 1.36 bits per heavy atom. The summed E-state index contributed by atoms with van der Waals surface area (Å²) in [5, 5.41) is 0. The fraction of sp³-hybridized carbons (Fsp3) is 0.667. The van der Waals surface area contributed by atoms with Gasteiger partial charge in [0, 0.05) is 23.1 Å². The Bertz CT molecular complexity index is 646. The molecule has 5 atom stereocenters. The van der Waals surface area contributed by atoms with Crippen LogP contribution in [0.4, 0.5) is 0 Å². The van der Waals surface area contributed by atoms with E-state index in [-0.39, 0.29) is 17.6 Å². The number of likely N-dealkylation sites (N-methyl/N-ethyl adjacent to an activating group) is 1. The van der Waals surface area contributed by atoms with Gasteiger partial charge in [-0.15, -0.1) is 0 Å². The molecule has 2 bridgehead atoms. The van der Waals surface area contributed by atoms with Crippen LogP contribution in [-0.4, -0.2) is 43.8 Å². The van der Waals surface area contributed by atoms with Crippen molar-refractivity contribution in [3.8, 4) is 11.5 Å². The van der Waals surface area contributed by atoms with Gasteiger partial charge >= 0.3 is 0 Å². The summed E-state index contributed by atoms with van der Waals surface area (Å²) in [7, 11) is 4.02. The Morgan fingerprint density at radius 2 is 2.23 bits per heavy atom. The van der Waals surface area contributed by atoms with E-state index in [1.54, 1.807) is 7.11 Å². The van der Waals surface area contributed by atoms with Crippen LogP contribution >= 0.6 is 0 Å². The van der Waals surface area contributed by atoms with E-state index in [2.05, 4.69) is 24.1 Å². The molecule has 1 spiro atoms. The largest absolute Gasteiger partial charge is 0.493 e. The first kappa shape index (κ1) is 13.2. The Balaban J connectivity index is 1.80. The second-order valence-corrected chi connectivity index (χ2v) is 7.56. The minimum absolute atomic E-state index is 0.131. The van der Waals surface area contributed by atoms with Crippen LogP contribution in [-0.2, 0) is 11.8 Å². The Hall–Kier alpha value is -1.26. The van der Waals surface area contributed by atoms with Crippen LogP contribution in [0.3, 0.4) is 0 Å². The molecule has 22 heavy (non-hydrogen) atoms. The summed E-state index contributed by atoms with van der Waals surface area (Å²) in [4.78, 5) is 2.56. The molecule has 5 rings (SSSR count). The molecular formula is C18H24N2O2.